The van der Waals surface area contributed by atoms with E-state index in [1.807, 2.05) is 12.1 Å². The molecule has 1 amide bonds. The number of anilines is 1. The van der Waals surface area contributed by atoms with Gasteiger partial charge in [0.1, 0.15) is 11.1 Å². The first-order valence-corrected chi connectivity index (χ1v) is 6.49. The number of carbonyl (C=O) groups excluding carboxylic acids is 1. The summed E-state index contributed by atoms with van der Waals surface area (Å²) in [6.07, 6.45) is 0. The number of phenols is 1. The highest BCUT2D eigenvalue weighted by molar-refractivity contribution is 6.30. The van der Waals surface area contributed by atoms with Crippen molar-refractivity contribution in [2.45, 2.75) is 12.3 Å². The molecule has 1 fully saturated rings. The van der Waals surface area contributed by atoms with Crippen LogP contribution < -0.4 is 4.90 Å². The lowest BCUT2D eigenvalue weighted by Gasteiger charge is -2.36. The molecule has 0 radical (unpaired) electrons. The van der Waals surface area contributed by atoms with Gasteiger partial charge in [0.05, 0.1) is 5.69 Å². The number of carbonyl (C=O) groups is 1. The van der Waals surface area contributed by atoms with E-state index in [0.29, 0.717) is 26.2 Å². The summed E-state index contributed by atoms with van der Waals surface area (Å²) in [6.45, 7) is 4.41. The summed E-state index contributed by atoms with van der Waals surface area (Å²) >= 11 is 5.80. The van der Waals surface area contributed by atoms with Crippen molar-refractivity contribution in [3.05, 3.63) is 24.3 Å². The van der Waals surface area contributed by atoms with Crippen LogP contribution in [0.15, 0.2) is 24.3 Å². The Morgan fingerprint density at radius 3 is 2.44 bits per heavy atom. The first kappa shape index (κ1) is 13.0. The Labute approximate surface area is 112 Å². The number of hydrogen-bond donors (Lipinski definition) is 1. The summed E-state index contributed by atoms with van der Waals surface area (Å²) < 4.78 is 0. The van der Waals surface area contributed by atoms with Gasteiger partial charge in [-0.1, -0.05) is 12.1 Å². The fraction of sp³-hybridized carbons (Fsp3) is 0.462. The Kier molecular flexibility index (Phi) is 3.97. The molecule has 1 aromatic rings. The zero-order chi connectivity index (χ0) is 13.1. The van der Waals surface area contributed by atoms with Gasteiger partial charge in [0.25, 0.3) is 0 Å². The van der Waals surface area contributed by atoms with Crippen molar-refractivity contribution in [2.75, 3.05) is 31.1 Å². The van der Waals surface area contributed by atoms with Crippen LogP contribution in [-0.2, 0) is 4.79 Å². The number of nitrogens with zero attached hydrogens (tertiary/aromatic N) is 2. The van der Waals surface area contributed by atoms with E-state index in [-0.39, 0.29) is 11.7 Å². The molecule has 1 N–H and O–H groups in total. The van der Waals surface area contributed by atoms with Gasteiger partial charge >= 0.3 is 0 Å². The number of phenolic OH excluding ortho intramolecular Hbond substituents is 1. The van der Waals surface area contributed by atoms with Crippen molar-refractivity contribution < 1.29 is 9.90 Å². The SMILES string of the molecule is CC(Cl)C(=O)N1CCN(c2ccccc2O)CC1. The number of halogens is 1. The summed E-state index contributed by atoms with van der Waals surface area (Å²) in [6, 6.07) is 7.26. The molecule has 0 bridgehead atoms. The largest absolute Gasteiger partial charge is 0.506 e. The number of rotatable bonds is 2. The van der Waals surface area contributed by atoms with Crippen molar-refractivity contribution >= 4 is 23.2 Å². The van der Waals surface area contributed by atoms with Crippen LogP contribution in [0.5, 0.6) is 5.75 Å². The van der Waals surface area contributed by atoms with Gasteiger partial charge in [-0.15, -0.1) is 11.6 Å². The molecule has 98 valence electrons. The summed E-state index contributed by atoms with van der Waals surface area (Å²) in [7, 11) is 0. The van der Waals surface area contributed by atoms with Crippen molar-refractivity contribution in [1.82, 2.24) is 4.90 Å². The third-order valence-electron chi connectivity index (χ3n) is 3.15. The molecule has 0 saturated carbocycles. The quantitative estimate of drug-likeness (QED) is 0.830. The summed E-state index contributed by atoms with van der Waals surface area (Å²) in [5, 5.41) is 9.31. The first-order chi connectivity index (χ1) is 8.59. The van der Waals surface area contributed by atoms with Gasteiger partial charge in [-0.2, -0.15) is 0 Å². The lowest BCUT2D eigenvalue weighted by Crippen LogP contribution is -2.50. The van der Waals surface area contributed by atoms with E-state index >= 15 is 0 Å². The van der Waals surface area contributed by atoms with E-state index in [9.17, 15) is 9.90 Å². The molecule has 1 atom stereocenters. The van der Waals surface area contributed by atoms with Gasteiger partial charge in [0.15, 0.2) is 0 Å². The Morgan fingerprint density at radius 1 is 1.28 bits per heavy atom. The topological polar surface area (TPSA) is 43.8 Å². The number of benzene rings is 1. The van der Waals surface area contributed by atoms with Crippen LogP contribution in [0.3, 0.4) is 0 Å². The van der Waals surface area contributed by atoms with Crippen LogP contribution in [0.25, 0.3) is 0 Å². The Morgan fingerprint density at radius 2 is 1.89 bits per heavy atom. The average Bonchev–Trinajstić information content (AvgIpc) is 2.38. The Hall–Kier alpha value is -1.42. The average molecular weight is 269 g/mol. The number of para-hydroxylation sites is 2. The maximum absolute atomic E-state index is 11.7. The monoisotopic (exact) mass is 268 g/mol. The van der Waals surface area contributed by atoms with Gasteiger partial charge in [-0.25, -0.2) is 0 Å². The molecular formula is C13H17ClN2O2. The molecule has 1 unspecified atom stereocenters. The van der Waals surface area contributed by atoms with E-state index in [1.165, 1.54) is 0 Å². The number of amides is 1. The summed E-state index contributed by atoms with van der Waals surface area (Å²) in [5.41, 5.74) is 0.823. The second-order valence-electron chi connectivity index (χ2n) is 4.42. The van der Waals surface area contributed by atoms with Crippen molar-refractivity contribution in [3.8, 4) is 5.75 Å². The molecule has 1 aliphatic heterocycles. The highest BCUT2D eigenvalue weighted by Crippen LogP contribution is 2.27. The Bertz CT molecular complexity index is 429. The fourth-order valence-electron chi connectivity index (χ4n) is 2.15. The maximum Gasteiger partial charge on any atom is 0.240 e. The third kappa shape index (κ3) is 2.70. The summed E-state index contributed by atoms with van der Waals surface area (Å²) in [5.74, 6) is 0.261. The molecule has 1 aliphatic rings. The predicted molar refractivity (Wildman–Crippen MR) is 72.2 cm³/mol. The van der Waals surface area contributed by atoms with Gasteiger partial charge in [0, 0.05) is 26.2 Å². The van der Waals surface area contributed by atoms with Gasteiger partial charge < -0.3 is 14.9 Å². The molecule has 2 rings (SSSR count). The molecule has 1 heterocycles. The second kappa shape index (κ2) is 5.48. The standard InChI is InChI=1S/C13H17ClN2O2/c1-10(14)13(18)16-8-6-15(7-9-16)11-4-2-3-5-12(11)17/h2-5,10,17H,6-9H2,1H3. The normalized spacial score (nSPS) is 17.7. The van der Waals surface area contributed by atoms with Crippen molar-refractivity contribution in [2.24, 2.45) is 0 Å². The number of hydrogen-bond acceptors (Lipinski definition) is 3. The zero-order valence-electron chi connectivity index (χ0n) is 10.3. The zero-order valence-corrected chi connectivity index (χ0v) is 11.1. The van der Waals surface area contributed by atoms with E-state index in [2.05, 4.69) is 4.90 Å². The van der Waals surface area contributed by atoms with Crippen molar-refractivity contribution in [1.29, 1.82) is 0 Å². The minimum absolute atomic E-state index is 0.0198. The van der Waals surface area contributed by atoms with Crippen LogP contribution in [0, 0.1) is 0 Å². The molecule has 0 aromatic heterocycles. The number of aromatic hydroxyl groups is 1. The van der Waals surface area contributed by atoms with Crippen LogP contribution >= 0.6 is 11.6 Å². The van der Waals surface area contributed by atoms with E-state index < -0.39 is 5.38 Å². The molecule has 1 saturated heterocycles. The lowest BCUT2D eigenvalue weighted by molar-refractivity contribution is -0.130. The van der Waals surface area contributed by atoms with E-state index in [4.69, 9.17) is 11.6 Å². The molecular weight excluding hydrogens is 252 g/mol. The molecule has 4 nitrogen and oxygen atoms in total. The van der Waals surface area contributed by atoms with Gasteiger partial charge in [-0.05, 0) is 19.1 Å². The number of piperazine rings is 1. The fourth-order valence-corrected chi connectivity index (χ4v) is 2.29. The molecule has 1 aromatic carbocycles. The lowest BCUT2D eigenvalue weighted by atomic mass is 10.2. The minimum Gasteiger partial charge on any atom is -0.506 e. The van der Waals surface area contributed by atoms with Crippen molar-refractivity contribution in [3.63, 3.8) is 0 Å². The molecule has 18 heavy (non-hydrogen) atoms. The van der Waals surface area contributed by atoms with E-state index in [1.54, 1.807) is 24.0 Å². The Balaban J connectivity index is 1.99. The van der Waals surface area contributed by atoms with E-state index in [0.717, 1.165) is 5.69 Å². The minimum atomic E-state index is -0.471. The van der Waals surface area contributed by atoms with Crippen LogP contribution in [-0.4, -0.2) is 47.5 Å². The second-order valence-corrected chi connectivity index (χ2v) is 5.07. The highest BCUT2D eigenvalue weighted by atomic mass is 35.5. The predicted octanol–water partition coefficient (Wildman–Crippen LogP) is 1.67. The summed E-state index contributed by atoms with van der Waals surface area (Å²) in [4.78, 5) is 15.6. The van der Waals surface area contributed by atoms with Gasteiger partial charge in [0.2, 0.25) is 5.91 Å². The molecule has 5 heteroatoms. The van der Waals surface area contributed by atoms with Gasteiger partial charge in [-0.3, -0.25) is 4.79 Å². The highest BCUT2D eigenvalue weighted by Gasteiger charge is 2.24. The molecule has 0 aliphatic carbocycles. The third-order valence-corrected chi connectivity index (χ3v) is 3.34. The maximum atomic E-state index is 11.7. The van der Waals surface area contributed by atoms with Crippen LogP contribution in [0.4, 0.5) is 5.69 Å². The van der Waals surface area contributed by atoms with Crippen LogP contribution in [0.2, 0.25) is 0 Å². The van der Waals surface area contributed by atoms with Crippen LogP contribution in [0.1, 0.15) is 6.92 Å². The molecule has 0 spiro atoms. The first-order valence-electron chi connectivity index (χ1n) is 6.05. The number of alkyl halides is 1. The smallest absolute Gasteiger partial charge is 0.240 e.